The maximum absolute atomic E-state index is 7.27. The van der Waals surface area contributed by atoms with Crippen LogP contribution in [-0.4, -0.2) is 5.90 Å². The van der Waals surface area contributed by atoms with Crippen LogP contribution in [0.25, 0.3) is 6.08 Å². The molecule has 0 spiro atoms. The molecule has 0 aliphatic carbocycles. The highest BCUT2D eigenvalue weighted by atomic mass is 16.5. The molecule has 0 amide bonds. The van der Waals surface area contributed by atoms with Gasteiger partial charge in [-0.05, 0) is 12.1 Å². The number of para-hydroxylation sites is 1. The summed E-state index contributed by atoms with van der Waals surface area (Å²) in [6.45, 7) is 7.09. The van der Waals surface area contributed by atoms with Crippen molar-refractivity contribution in [2.24, 2.45) is 0 Å². The standard InChI is InChI=1S/C11H11NO/c1-3-9-7-5-6-8-10(9)13-11(12)4-2/h3-8,12H,1-2H2. The van der Waals surface area contributed by atoms with Crippen molar-refractivity contribution >= 4 is 12.0 Å². The lowest BCUT2D eigenvalue weighted by Gasteiger charge is -2.05. The Balaban J connectivity index is 2.93. The smallest absolute Gasteiger partial charge is 0.211 e. The predicted octanol–water partition coefficient (Wildman–Crippen LogP) is 2.87. The van der Waals surface area contributed by atoms with Crippen molar-refractivity contribution in [1.82, 2.24) is 0 Å². The van der Waals surface area contributed by atoms with Gasteiger partial charge in [-0.15, -0.1) is 0 Å². The SMILES string of the molecule is C=CC(=N)Oc1ccccc1C=C. The Morgan fingerprint density at radius 3 is 2.62 bits per heavy atom. The van der Waals surface area contributed by atoms with Crippen molar-refractivity contribution in [3.05, 3.63) is 49.1 Å². The zero-order chi connectivity index (χ0) is 9.68. The summed E-state index contributed by atoms with van der Waals surface area (Å²) in [5, 5.41) is 7.27. The lowest BCUT2D eigenvalue weighted by Crippen LogP contribution is -2.02. The molecule has 0 fully saturated rings. The molecule has 0 saturated heterocycles. The van der Waals surface area contributed by atoms with E-state index in [1.54, 1.807) is 12.1 Å². The van der Waals surface area contributed by atoms with Gasteiger partial charge in [0.25, 0.3) is 0 Å². The Hall–Kier alpha value is -1.83. The summed E-state index contributed by atoms with van der Waals surface area (Å²) < 4.78 is 5.18. The van der Waals surface area contributed by atoms with Crippen molar-refractivity contribution in [1.29, 1.82) is 5.41 Å². The first-order valence-electron chi connectivity index (χ1n) is 3.88. The van der Waals surface area contributed by atoms with Gasteiger partial charge in [0.05, 0.1) is 0 Å². The second-order valence-corrected chi connectivity index (χ2v) is 2.41. The van der Waals surface area contributed by atoms with Crippen LogP contribution in [0.5, 0.6) is 5.75 Å². The van der Waals surface area contributed by atoms with Crippen LogP contribution in [0.3, 0.4) is 0 Å². The fourth-order valence-electron chi connectivity index (χ4n) is 0.902. The second-order valence-electron chi connectivity index (χ2n) is 2.41. The highest BCUT2D eigenvalue weighted by Gasteiger charge is 1.99. The van der Waals surface area contributed by atoms with Crippen molar-refractivity contribution in [3.63, 3.8) is 0 Å². The van der Waals surface area contributed by atoms with Gasteiger partial charge in [0, 0.05) is 5.56 Å². The number of benzene rings is 1. The van der Waals surface area contributed by atoms with E-state index in [-0.39, 0.29) is 5.90 Å². The first kappa shape index (κ1) is 9.26. The maximum Gasteiger partial charge on any atom is 0.211 e. The summed E-state index contributed by atoms with van der Waals surface area (Å²) in [4.78, 5) is 0. The van der Waals surface area contributed by atoms with Crippen molar-refractivity contribution in [2.75, 3.05) is 0 Å². The monoisotopic (exact) mass is 173 g/mol. The molecule has 0 saturated carbocycles. The van der Waals surface area contributed by atoms with Gasteiger partial charge < -0.3 is 4.74 Å². The van der Waals surface area contributed by atoms with Crippen LogP contribution in [0.15, 0.2) is 43.5 Å². The van der Waals surface area contributed by atoms with Crippen LogP contribution in [-0.2, 0) is 0 Å². The summed E-state index contributed by atoms with van der Waals surface area (Å²) in [7, 11) is 0. The molecule has 0 unspecified atom stereocenters. The molecule has 2 heteroatoms. The average molecular weight is 173 g/mol. The molecule has 0 heterocycles. The average Bonchev–Trinajstić information content (AvgIpc) is 2.18. The molecule has 0 aliphatic heterocycles. The molecule has 0 bridgehead atoms. The molecule has 66 valence electrons. The summed E-state index contributed by atoms with van der Waals surface area (Å²) in [6, 6.07) is 7.40. The quantitative estimate of drug-likeness (QED) is 0.553. The van der Waals surface area contributed by atoms with Crippen molar-refractivity contribution in [3.8, 4) is 5.75 Å². The van der Waals surface area contributed by atoms with E-state index in [0.717, 1.165) is 5.56 Å². The van der Waals surface area contributed by atoms with Gasteiger partial charge >= 0.3 is 0 Å². The third-order valence-corrected chi connectivity index (χ3v) is 1.54. The van der Waals surface area contributed by atoms with E-state index in [9.17, 15) is 0 Å². The van der Waals surface area contributed by atoms with Gasteiger partial charge in [0.1, 0.15) is 5.75 Å². The molecule has 1 aromatic rings. The number of hydrogen-bond acceptors (Lipinski definition) is 2. The molecule has 1 aromatic carbocycles. The molecule has 1 N–H and O–H groups in total. The molecular weight excluding hydrogens is 162 g/mol. The molecule has 0 radical (unpaired) electrons. The molecule has 1 rings (SSSR count). The largest absolute Gasteiger partial charge is 0.439 e. The fourth-order valence-corrected chi connectivity index (χ4v) is 0.902. The Labute approximate surface area is 77.7 Å². The molecule has 2 nitrogen and oxygen atoms in total. The Morgan fingerprint density at radius 1 is 1.31 bits per heavy atom. The van der Waals surface area contributed by atoms with Gasteiger partial charge in [-0.2, -0.15) is 0 Å². The molecule has 0 atom stereocenters. The summed E-state index contributed by atoms with van der Waals surface area (Å²) in [5.41, 5.74) is 0.870. The van der Waals surface area contributed by atoms with E-state index < -0.39 is 0 Å². The number of rotatable bonds is 3. The van der Waals surface area contributed by atoms with E-state index >= 15 is 0 Å². The molecule has 0 aromatic heterocycles. The topological polar surface area (TPSA) is 33.1 Å². The van der Waals surface area contributed by atoms with E-state index in [4.69, 9.17) is 10.1 Å². The van der Waals surface area contributed by atoms with Gasteiger partial charge in [-0.1, -0.05) is 37.4 Å². The zero-order valence-corrected chi connectivity index (χ0v) is 7.29. The minimum absolute atomic E-state index is 0.0364. The predicted molar refractivity (Wildman–Crippen MR) is 55.1 cm³/mol. The third-order valence-electron chi connectivity index (χ3n) is 1.54. The van der Waals surface area contributed by atoms with Crippen molar-refractivity contribution in [2.45, 2.75) is 0 Å². The van der Waals surface area contributed by atoms with Crippen LogP contribution in [0.2, 0.25) is 0 Å². The summed E-state index contributed by atoms with van der Waals surface area (Å²) in [5.74, 6) is 0.664. The number of nitrogens with one attached hydrogen (secondary N) is 1. The van der Waals surface area contributed by atoms with E-state index in [0.29, 0.717) is 5.75 Å². The lowest BCUT2D eigenvalue weighted by atomic mass is 10.2. The van der Waals surface area contributed by atoms with Crippen LogP contribution >= 0.6 is 0 Å². The first-order valence-corrected chi connectivity index (χ1v) is 3.88. The van der Waals surface area contributed by atoms with Gasteiger partial charge in [-0.25, -0.2) is 0 Å². The number of ether oxygens (including phenoxy) is 1. The Morgan fingerprint density at radius 2 is 2.00 bits per heavy atom. The minimum atomic E-state index is 0.0364. The zero-order valence-electron chi connectivity index (χ0n) is 7.29. The van der Waals surface area contributed by atoms with E-state index in [1.165, 1.54) is 6.08 Å². The Kier molecular flexibility index (Phi) is 3.03. The molecular formula is C11H11NO. The van der Waals surface area contributed by atoms with Crippen molar-refractivity contribution < 1.29 is 4.74 Å². The van der Waals surface area contributed by atoms with Gasteiger partial charge in [0.15, 0.2) is 0 Å². The normalized spacial score (nSPS) is 8.92. The lowest BCUT2D eigenvalue weighted by molar-refractivity contribution is 0.549. The van der Waals surface area contributed by atoms with E-state index in [2.05, 4.69) is 13.2 Å². The third kappa shape index (κ3) is 2.30. The highest BCUT2D eigenvalue weighted by Crippen LogP contribution is 2.18. The van der Waals surface area contributed by atoms with Crippen LogP contribution in [0, 0.1) is 5.41 Å². The first-order chi connectivity index (χ1) is 6.27. The Bertz CT molecular complexity index is 342. The summed E-state index contributed by atoms with van der Waals surface area (Å²) >= 11 is 0. The second kappa shape index (κ2) is 4.26. The molecule has 13 heavy (non-hydrogen) atoms. The fraction of sp³-hybridized carbons (Fsp3) is 0. The van der Waals surface area contributed by atoms with E-state index in [1.807, 2.05) is 18.2 Å². The summed E-state index contributed by atoms with van der Waals surface area (Å²) in [6.07, 6.45) is 3.03. The van der Waals surface area contributed by atoms with Crippen LogP contribution in [0.1, 0.15) is 5.56 Å². The van der Waals surface area contributed by atoms with Gasteiger partial charge in [-0.3, -0.25) is 5.41 Å². The van der Waals surface area contributed by atoms with Crippen LogP contribution in [0.4, 0.5) is 0 Å². The maximum atomic E-state index is 7.27. The van der Waals surface area contributed by atoms with Crippen LogP contribution < -0.4 is 4.74 Å². The number of hydrogen-bond donors (Lipinski definition) is 1. The highest BCUT2D eigenvalue weighted by molar-refractivity contribution is 5.86. The minimum Gasteiger partial charge on any atom is -0.439 e. The van der Waals surface area contributed by atoms with Gasteiger partial charge in [0.2, 0.25) is 5.90 Å². The molecule has 0 aliphatic rings.